The Bertz CT molecular complexity index is 827. The van der Waals surface area contributed by atoms with Crippen molar-refractivity contribution in [2.24, 2.45) is 0 Å². The number of amides is 2. The lowest BCUT2D eigenvalue weighted by molar-refractivity contribution is 0.230. The van der Waals surface area contributed by atoms with Crippen molar-refractivity contribution >= 4 is 11.7 Å². The van der Waals surface area contributed by atoms with Crippen LogP contribution in [0.15, 0.2) is 78.9 Å². The van der Waals surface area contributed by atoms with Crippen molar-refractivity contribution in [3.8, 4) is 22.3 Å². The lowest BCUT2D eigenvalue weighted by atomic mass is 9.93. The van der Waals surface area contributed by atoms with E-state index in [0.29, 0.717) is 0 Å². The third-order valence-corrected chi connectivity index (χ3v) is 3.86. The second kappa shape index (κ2) is 7.01. The molecule has 0 saturated heterocycles. The van der Waals surface area contributed by atoms with Crippen LogP contribution in [-0.4, -0.2) is 25.0 Å². The molecule has 1 N–H and O–H groups in total. The van der Waals surface area contributed by atoms with E-state index in [2.05, 4.69) is 35.6 Å². The number of anilines is 1. The molecule has 0 aliphatic carbocycles. The van der Waals surface area contributed by atoms with E-state index in [4.69, 9.17) is 0 Å². The molecule has 0 aliphatic heterocycles. The first-order valence-corrected chi connectivity index (χ1v) is 7.89. The predicted octanol–water partition coefficient (Wildman–Crippen LogP) is 5.11. The average molecular weight is 316 g/mol. The van der Waals surface area contributed by atoms with E-state index in [0.717, 1.165) is 27.9 Å². The minimum atomic E-state index is -0.141. The topological polar surface area (TPSA) is 32.3 Å². The number of nitrogens with zero attached hydrogens (tertiary/aromatic N) is 1. The van der Waals surface area contributed by atoms with E-state index in [-0.39, 0.29) is 6.03 Å². The zero-order valence-electron chi connectivity index (χ0n) is 13.9. The molecule has 2 amide bonds. The molecule has 0 saturated carbocycles. The van der Waals surface area contributed by atoms with Gasteiger partial charge in [-0.05, 0) is 22.8 Å². The van der Waals surface area contributed by atoms with Gasteiger partial charge in [-0.15, -0.1) is 0 Å². The number of rotatable bonds is 3. The second-order valence-corrected chi connectivity index (χ2v) is 5.78. The first-order valence-electron chi connectivity index (χ1n) is 7.89. The number of hydrogen-bond donors (Lipinski definition) is 1. The Kier molecular flexibility index (Phi) is 4.62. The molecule has 0 radical (unpaired) electrons. The molecule has 3 heteroatoms. The fraction of sp³-hybridized carbons (Fsp3) is 0.0952. The normalized spacial score (nSPS) is 10.2. The summed E-state index contributed by atoms with van der Waals surface area (Å²) in [6, 6.07) is 26.2. The zero-order valence-corrected chi connectivity index (χ0v) is 13.9. The molecule has 0 unspecified atom stereocenters. The van der Waals surface area contributed by atoms with Gasteiger partial charge in [-0.3, -0.25) is 0 Å². The van der Waals surface area contributed by atoms with Gasteiger partial charge < -0.3 is 10.2 Å². The maximum atomic E-state index is 12.2. The molecule has 0 fully saturated rings. The summed E-state index contributed by atoms with van der Waals surface area (Å²) in [6.07, 6.45) is 0. The van der Waals surface area contributed by atoms with Gasteiger partial charge in [-0.1, -0.05) is 72.8 Å². The summed E-state index contributed by atoms with van der Waals surface area (Å²) >= 11 is 0. The highest BCUT2D eigenvalue weighted by molar-refractivity contribution is 5.99. The van der Waals surface area contributed by atoms with E-state index >= 15 is 0 Å². The van der Waals surface area contributed by atoms with Crippen molar-refractivity contribution in [2.45, 2.75) is 0 Å². The molecule has 3 aromatic carbocycles. The van der Waals surface area contributed by atoms with Crippen LogP contribution in [0.1, 0.15) is 0 Å². The van der Waals surface area contributed by atoms with Gasteiger partial charge in [0.15, 0.2) is 0 Å². The number of carbonyl (C=O) groups is 1. The van der Waals surface area contributed by atoms with E-state index < -0.39 is 0 Å². The molecule has 0 aliphatic rings. The molecule has 3 aromatic rings. The van der Waals surface area contributed by atoms with Gasteiger partial charge in [-0.2, -0.15) is 0 Å². The summed E-state index contributed by atoms with van der Waals surface area (Å²) in [5.74, 6) is 0. The Morgan fingerprint density at radius 2 is 1.33 bits per heavy atom. The average Bonchev–Trinajstić information content (AvgIpc) is 2.63. The third-order valence-electron chi connectivity index (χ3n) is 3.86. The molecular weight excluding hydrogens is 296 g/mol. The number of urea groups is 1. The lowest BCUT2D eigenvalue weighted by Crippen LogP contribution is -2.27. The summed E-state index contributed by atoms with van der Waals surface area (Å²) in [6.45, 7) is 0. The van der Waals surface area contributed by atoms with Crippen LogP contribution in [0.2, 0.25) is 0 Å². The molecule has 0 bridgehead atoms. The minimum Gasteiger partial charge on any atom is -0.331 e. The molecule has 0 spiro atoms. The Morgan fingerprint density at radius 3 is 1.92 bits per heavy atom. The molecule has 120 valence electrons. The van der Waals surface area contributed by atoms with E-state index in [1.54, 1.807) is 14.1 Å². The van der Waals surface area contributed by atoms with Crippen molar-refractivity contribution in [3.63, 3.8) is 0 Å². The molecule has 3 nitrogen and oxygen atoms in total. The van der Waals surface area contributed by atoms with Gasteiger partial charge in [0.05, 0.1) is 5.69 Å². The smallest absolute Gasteiger partial charge is 0.321 e. The van der Waals surface area contributed by atoms with Crippen LogP contribution in [0.3, 0.4) is 0 Å². The summed E-state index contributed by atoms with van der Waals surface area (Å²) < 4.78 is 0. The van der Waals surface area contributed by atoms with Gasteiger partial charge in [-0.25, -0.2) is 4.79 Å². The van der Waals surface area contributed by atoms with Crippen LogP contribution < -0.4 is 5.32 Å². The molecule has 0 aromatic heterocycles. The van der Waals surface area contributed by atoms with Gasteiger partial charge >= 0.3 is 6.03 Å². The lowest BCUT2D eigenvalue weighted by Gasteiger charge is -2.18. The van der Waals surface area contributed by atoms with Crippen molar-refractivity contribution in [2.75, 3.05) is 19.4 Å². The zero-order chi connectivity index (χ0) is 16.9. The van der Waals surface area contributed by atoms with Gasteiger partial charge in [0, 0.05) is 19.7 Å². The minimum absolute atomic E-state index is 0.141. The Balaban J connectivity index is 2.18. The maximum Gasteiger partial charge on any atom is 0.321 e. The quantitative estimate of drug-likeness (QED) is 0.715. The summed E-state index contributed by atoms with van der Waals surface area (Å²) in [4.78, 5) is 13.7. The van der Waals surface area contributed by atoms with Crippen molar-refractivity contribution < 1.29 is 4.79 Å². The largest absolute Gasteiger partial charge is 0.331 e. The highest BCUT2D eigenvalue weighted by Gasteiger charge is 2.14. The number of carbonyl (C=O) groups excluding carboxylic acids is 1. The van der Waals surface area contributed by atoms with Crippen molar-refractivity contribution in [1.29, 1.82) is 0 Å². The number of nitrogens with one attached hydrogen (secondary N) is 1. The first-order chi connectivity index (χ1) is 11.7. The highest BCUT2D eigenvalue weighted by Crippen LogP contribution is 2.37. The number of benzene rings is 3. The van der Waals surface area contributed by atoms with E-state index in [1.807, 2.05) is 48.5 Å². The monoisotopic (exact) mass is 316 g/mol. The standard InChI is InChI=1S/C21H20N2O/c1-23(2)21(24)22-19-15-9-14-18(16-10-5-3-6-11-16)20(19)17-12-7-4-8-13-17/h3-15H,1-2H3,(H,22,24). The SMILES string of the molecule is CN(C)C(=O)Nc1cccc(-c2ccccc2)c1-c1ccccc1. The van der Waals surface area contributed by atoms with Crippen molar-refractivity contribution in [1.82, 2.24) is 4.90 Å². The van der Waals surface area contributed by atoms with Crippen LogP contribution in [-0.2, 0) is 0 Å². The molecule has 3 rings (SSSR count). The van der Waals surface area contributed by atoms with Gasteiger partial charge in [0.1, 0.15) is 0 Å². The van der Waals surface area contributed by atoms with Crippen molar-refractivity contribution in [3.05, 3.63) is 78.9 Å². The second-order valence-electron chi connectivity index (χ2n) is 5.78. The molecular formula is C21H20N2O. The molecule has 24 heavy (non-hydrogen) atoms. The van der Waals surface area contributed by atoms with Crippen LogP contribution in [0.25, 0.3) is 22.3 Å². The Labute approximate surface area is 142 Å². The van der Waals surface area contributed by atoms with Gasteiger partial charge in [0.2, 0.25) is 0 Å². The van der Waals surface area contributed by atoms with E-state index in [1.165, 1.54) is 4.90 Å². The number of hydrogen-bond acceptors (Lipinski definition) is 1. The van der Waals surface area contributed by atoms with Crippen LogP contribution >= 0.6 is 0 Å². The summed E-state index contributed by atoms with van der Waals surface area (Å²) in [5, 5.41) is 3.01. The summed E-state index contributed by atoms with van der Waals surface area (Å²) in [7, 11) is 3.47. The fourth-order valence-electron chi connectivity index (χ4n) is 2.66. The van der Waals surface area contributed by atoms with Gasteiger partial charge in [0.25, 0.3) is 0 Å². The highest BCUT2D eigenvalue weighted by atomic mass is 16.2. The maximum absolute atomic E-state index is 12.2. The molecule has 0 atom stereocenters. The fourth-order valence-corrected chi connectivity index (χ4v) is 2.66. The first kappa shape index (κ1) is 15.8. The van der Waals surface area contributed by atoms with Crippen LogP contribution in [0.5, 0.6) is 0 Å². The van der Waals surface area contributed by atoms with Crippen LogP contribution in [0, 0.1) is 0 Å². The third kappa shape index (κ3) is 3.30. The summed E-state index contributed by atoms with van der Waals surface area (Å²) in [5.41, 5.74) is 5.13. The predicted molar refractivity (Wildman–Crippen MR) is 100 cm³/mol. The van der Waals surface area contributed by atoms with E-state index in [9.17, 15) is 4.79 Å². The molecule has 0 heterocycles. The Morgan fingerprint density at radius 1 is 0.750 bits per heavy atom. The Hall–Kier alpha value is -3.07. The van der Waals surface area contributed by atoms with Crippen LogP contribution in [0.4, 0.5) is 10.5 Å².